The Morgan fingerprint density at radius 2 is 1.66 bits per heavy atom. The Bertz CT molecular complexity index is 1430. The van der Waals surface area contributed by atoms with Crippen LogP contribution in [0.1, 0.15) is 66.0 Å². The molecule has 3 aliphatic rings. The highest BCUT2D eigenvalue weighted by atomic mass is 79.9. The molecule has 0 spiro atoms. The molecule has 0 radical (unpaired) electrons. The van der Waals surface area contributed by atoms with E-state index in [0.717, 1.165) is 74.1 Å². The molecular formula is C33H37Br2N3O2S. The molecule has 3 aromatic rings. The Balaban J connectivity index is 1.10. The highest BCUT2D eigenvalue weighted by molar-refractivity contribution is 9.10. The van der Waals surface area contributed by atoms with Crippen LogP contribution in [0.3, 0.4) is 0 Å². The largest absolute Gasteiger partial charge is 0.343 e. The summed E-state index contributed by atoms with van der Waals surface area (Å²) in [5.41, 5.74) is 6.65. The van der Waals surface area contributed by atoms with Gasteiger partial charge < -0.3 is 4.90 Å². The number of hydrogen-bond acceptors (Lipinski definition) is 3. The van der Waals surface area contributed by atoms with Gasteiger partial charge in [0, 0.05) is 53.7 Å². The van der Waals surface area contributed by atoms with E-state index in [1.54, 1.807) is 0 Å². The number of aromatic nitrogens is 1. The summed E-state index contributed by atoms with van der Waals surface area (Å²) in [5, 5.41) is 0. The van der Waals surface area contributed by atoms with E-state index in [1.165, 1.54) is 32.4 Å². The number of aryl methyl sites for hydroxylation is 3. The average molecular weight is 700 g/mol. The smallest absolute Gasteiger partial charge is 0.222 e. The van der Waals surface area contributed by atoms with Crippen LogP contribution in [0.2, 0.25) is 0 Å². The van der Waals surface area contributed by atoms with Gasteiger partial charge in [-0.15, -0.1) is 0 Å². The standard InChI is InChI=1S/C33H37Br2N3O2S/c1-22-17-25-7-8-26-20-27(34)21-36-33(26)32(31(25)29(35)18-22)24-11-13-37(14-12-24)30(39)19-23-9-15-38(16-10-23)41(40)28-5-3-2-4-6-28/h2-6,17-18,20-21,23-24,32H,7-16,19H2,1H3. The highest BCUT2D eigenvalue weighted by Crippen LogP contribution is 2.45. The number of amides is 1. The molecule has 2 atom stereocenters. The predicted molar refractivity (Wildman–Crippen MR) is 171 cm³/mol. The van der Waals surface area contributed by atoms with Crippen molar-refractivity contribution >= 4 is 48.8 Å². The van der Waals surface area contributed by atoms with Crippen molar-refractivity contribution in [3.63, 3.8) is 0 Å². The minimum Gasteiger partial charge on any atom is -0.343 e. The SMILES string of the molecule is Cc1cc(Br)c2c(c1)CCc1cc(Br)cnc1C2C1CCN(C(=O)CC2CCN(S(=O)c3ccccc3)CC2)CC1. The number of halogens is 2. The van der Waals surface area contributed by atoms with Crippen molar-refractivity contribution in [1.82, 2.24) is 14.2 Å². The van der Waals surface area contributed by atoms with Crippen LogP contribution in [0.5, 0.6) is 0 Å². The van der Waals surface area contributed by atoms with Gasteiger partial charge in [0.05, 0.1) is 10.6 Å². The van der Waals surface area contributed by atoms with Gasteiger partial charge in [-0.2, -0.15) is 0 Å². The lowest BCUT2D eigenvalue weighted by atomic mass is 9.76. The third-order valence-corrected chi connectivity index (χ3v) is 11.8. The zero-order valence-corrected chi connectivity index (χ0v) is 27.5. The molecule has 2 unspecified atom stereocenters. The van der Waals surface area contributed by atoms with E-state index in [4.69, 9.17) is 4.98 Å². The Kier molecular flexibility index (Phi) is 9.11. The zero-order chi connectivity index (χ0) is 28.5. The zero-order valence-electron chi connectivity index (χ0n) is 23.5. The Labute approximate surface area is 263 Å². The average Bonchev–Trinajstić information content (AvgIpc) is 3.14. The van der Waals surface area contributed by atoms with E-state index in [2.05, 4.69) is 66.2 Å². The number of carbonyl (C=O) groups excluding carboxylic acids is 1. The summed E-state index contributed by atoms with van der Waals surface area (Å²) in [6, 6.07) is 16.5. The maximum atomic E-state index is 13.4. The fourth-order valence-electron chi connectivity index (χ4n) is 7.04. The first-order valence-electron chi connectivity index (χ1n) is 14.8. The summed E-state index contributed by atoms with van der Waals surface area (Å²) in [4.78, 5) is 21.3. The molecule has 2 aliphatic heterocycles. The quantitative estimate of drug-likeness (QED) is 0.283. The van der Waals surface area contributed by atoms with E-state index in [0.29, 0.717) is 18.3 Å². The number of piperidine rings is 2. The van der Waals surface area contributed by atoms with Crippen LogP contribution in [-0.4, -0.2) is 50.5 Å². The lowest BCUT2D eigenvalue weighted by molar-refractivity contribution is -0.133. The second-order valence-electron chi connectivity index (χ2n) is 11.9. The molecule has 6 rings (SSSR count). The van der Waals surface area contributed by atoms with Crippen LogP contribution in [0.15, 0.2) is 68.6 Å². The number of benzene rings is 2. The van der Waals surface area contributed by atoms with E-state index in [9.17, 15) is 9.00 Å². The predicted octanol–water partition coefficient (Wildman–Crippen LogP) is 7.21. The minimum absolute atomic E-state index is 0.234. The summed E-state index contributed by atoms with van der Waals surface area (Å²) >= 11 is 7.58. The number of fused-ring (bicyclic) bond motifs is 2. The summed E-state index contributed by atoms with van der Waals surface area (Å²) in [6.45, 7) is 5.34. The Morgan fingerprint density at radius 3 is 2.39 bits per heavy atom. The first kappa shape index (κ1) is 29.2. The third kappa shape index (κ3) is 6.41. The highest BCUT2D eigenvalue weighted by Gasteiger charge is 2.36. The summed E-state index contributed by atoms with van der Waals surface area (Å²) < 4.78 is 17.2. The fourth-order valence-corrected chi connectivity index (χ4v) is 9.51. The van der Waals surface area contributed by atoms with Crippen LogP contribution < -0.4 is 0 Å². The van der Waals surface area contributed by atoms with Gasteiger partial charge in [-0.05, 0) is 120 Å². The summed E-state index contributed by atoms with van der Waals surface area (Å²) in [5.74, 6) is 1.33. The monoisotopic (exact) mass is 697 g/mol. The molecule has 5 nitrogen and oxygen atoms in total. The minimum atomic E-state index is -1.12. The normalized spacial score (nSPS) is 21.1. The Hall–Kier alpha value is -1.87. The van der Waals surface area contributed by atoms with Crippen LogP contribution in [0, 0.1) is 18.8 Å². The van der Waals surface area contributed by atoms with Crippen molar-refractivity contribution in [1.29, 1.82) is 0 Å². The van der Waals surface area contributed by atoms with Crippen LogP contribution in [-0.2, 0) is 28.6 Å². The molecule has 2 saturated heterocycles. The van der Waals surface area contributed by atoms with Gasteiger partial charge >= 0.3 is 0 Å². The van der Waals surface area contributed by atoms with Gasteiger partial charge in [0.15, 0.2) is 0 Å². The number of carbonyl (C=O) groups is 1. The van der Waals surface area contributed by atoms with Crippen molar-refractivity contribution in [3.8, 4) is 0 Å². The van der Waals surface area contributed by atoms with E-state index in [1.807, 2.05) is 36.5 Å². The van der Waals surface area contributed by atoms with Gasteiger partial charge in [-0.1, -0.05) is 40.2 Å². The maximum Gasteiger partial charge on any atom is 0.222 e. The first-order chi connectivity index (χ1) is 19.9. The molecule has 1 aromatic heterocycles. The molecule has 2 fully saturated rings. The van der Waals surface area contributed by atoms with E-state index >= 15 is 0 Å². The fraction of sp³-hybridized carbons (Fsp3) is 0.455. The van der Waals surface area contributed by atoms with Gasteiger partial charge in [0.25, 0.3) is 0 Å². The molecule has 216 valence electrons. The van der Waals surface area contributed by atoms with Crippen LogP contribution in [0.4, 0.5) is 0 Å². The number of rotatable bonds is 5. The number of likely N-dealkylation sites (tertiary alicyclic amines) is 1. The number of hydrogen-bond donors (Lipinski definition) is 0. The third-order valence-electron chi connectivity index (χ3n) is 9.18. The molecule has 0 N–H and O–H groups in total. The molecule has 3 heterocycles. The van der Waals surface area contributed by atoms with Gasteiger partial charge in [-0.3, -0.25) is 9.78 Å². The van der Waals surface area contributed by atoms with Crippen molar-refractivity contribution in [2.45, 2.75) is 62.7 Å². The molecule has 0 saturated carbocycles. The van der Waals surface area contributed by atoms with E-state index in [-0.39, 0.29) is 11.8 Å². The second-order valence-corrected chi connectivity index (χ2v) is 15.1. The lowest BCUT2D eigenvalue weighted by Crippen LogP contribution is -2.42. The first-order valence-corrected chi connectivity index (χ1v) is 17.5. The molecule has 2 aromatic carbocycles. The molecule has 0 bridgehead atoms. The van der Waals surface area contributed by atoms with Gasteiger partial charge in [-0.25, -0.2) is 8.51 Å². The molecule has 8 heteroatoms. The van der Waals surface area contributed by atoms with Crippen molar-refractivity contribution < 1.29 is 9.00 Å². The second kappa shape index (κ2) is 12.8. The number of pyridine rings is 1. The topological polar surface area (TPSA) is 53.5 Å². The van der Waals surface area contributed by atoms with Crippen LogP contribution >= 0.6 is 31.9 Å². The van der Waals surface area contributed by atoms with Crippen molar-refractivity contribution in [2.75, 3.05) is 26.2 Å². The maximum absolute atomic E-state index is 13.4. The van der Waals surface area contributed by atoms with Crippen molar-refractivity contribution in [3.05, 3.63) is 91.6 Å². The van der Waals surface area contributed by atoms with Gasteiger partial charge in [0.1, 0.15) is 11.0 Å². The number of nitrogens with zero attached hydrogens (tertiary/aromatic N) is 3. The summed E-state index contributed by atoms with van der Waals surface area (Å²) in [6.07, 6.45) is 8.38. The molecule has 1 amide bonds. The van der Waals surface area contributed by atoms with Crippen molar-refractivity contribution in [2.24, 2.45) is 11.8 Å². The molecule has 41 heavy (non-hydrogen) atoms. The van der Waals surface area contributed by atoms with E-state index < -0.39 is 11.0 Å². The van der Waals surface area contributed by atoms with Gasteiger partial charge in [0.2, 0.25) is 5.91 Å². The lowest BCUT2D eigenvalue weighted by Gasteiger charge is -2.38. The van der Waals surface area contributed by atoms with Crippen LogP contribution in [0.25, 0.3) is 0 Å². The molecular weight excluding hydrogens is 662 g/mol. The summed E-state index contributed by atoms with van der Waals surface area (Å²) in [7, 11) is -1.12. The Morgan fingerprint density at radius 1 is 0.951 bits per heavy atom. The molecule has 1 aliphatic carbocycles.